The maximum atomic E-state index is 6.44. The predicted molar refractivity (Wildman–Crippen MR) is 465 cm³/mol. The highest BCUT2D eigenvalue weighted by Crippen LogP contribution is 2.44. The van der Waals surface area contributed by atoms with Crippen LogP contribution in [0.25, 0.3) is 219 Å². The highest BCUT2D eigenvalue weighted by Gasteiger charge is 2.26. The second kappa shape index (κ2) is 29.7. The van der Waals surface area contributed by atoms with E-state index in [4.69, 9.17) is 63.1 Å². The Bertz CT molecular complexity index is 7030. The van der Waals surface area contributed by atoms with Crippen molar-refractivity contribution in [3.05, 3.63) is 359 Å². The molecule has 0 saturated heterocycles. The Kier molecular flexibility index (Phi) is 17.2. The van der Waals surface area contributed by atoms with Crippen LogP contribution in [0.15, 0.2) is 373 Å². The Labute approximate surface area is 681 Å². The summed E-state index contributed by atoms with van der Waals surface area (Å²) in [7, 11) is 0. The Morgan fingerprint density at radius 1 is 0.200 bits per heavy atom. The highest BCUT2D eigenvalue weighted by molar-refractivity contribution is 6.21. The predicted octanol–water partition coefficient (Wildman–Crippen LogP) is 21.9. The largest absolute Gasteiger partial charge is 0.435 e. The molecule has 0 radical (unpaired) electrons. The molecule has 120 heavy (non-hydrogen) atoms. The summed E-state index contributed by atoms with van der Waals surface area (Å²) < 4.78 is 25.6. The van der Waals surface area contributed by atoms with Crippen LogP contribution in [0.5, 0.6) is 0 Å². The van der Waals surface area contributed by atoms with E-state index >= 15 is 0 Å². The molecule has 9 aromatic carbocycles. The molecule has 0 spiro atoms. The molecule has 22 nitrogen and oxygen atoms in total. The first-order chi connectivity index (χ1) is 59.5. The maximum absolute atomic E-state index is 6.44. The highest BCUT2D eigenvalue weighted by atomic mass is 16.4. The van der Waals surface area contributed by atoms with E-state index in [0.29, 0.717) is 47.0 Å². The van der Waals surface area contributed by atoms with Crippen molar-refractivity contribution >= 4 is 98.7 Å². The van der Waals surface area contributed by atoms with Crippen LogP contribution in [0.2, 0.25) is 0 Å². The first-order valence-electron chi connectivity index (χ1n) is 38.6. The molecule has 0 bridgehead atoms. The molecule has 0 aliphatic rings. The van der Waals surface area contributed by atoms with Crippen molar-refractivity contribution in [2.75, 3.05) is 0 Å². The first kappa shape index (κ1) is 69.6. The third-order valence-corrected chi connectivity index (χ3v) is 21.1. The topological polar surface area (TPSA) is 260 Å². The van der Waals surface area contributed by atoms with Gasteiger partial charge >= 0.3 is 0 Å². The van der Waals surface area contributed by atoms with E-state index in [2.05, 4.69) is 98.2 Å². The number of nitrogens with zero attached hydrogens (tertiary/aromatic N) is 19. The third-order valence-electron chi connectivity index (χ3n) is 21.1. The lowest BCUT2D eigenvalue weighted by Crippen LogP contribution is -2.06. The number of fused-ring (bicyclic) bond motifs is 15. The van der Waals surface area contributed by atoms with Crippen molar-refractivity contribution < 1.29 is 13.3 Å². The van der Waals surface area contributed by atoms with Gasteiger partial charge in [-0.3, -0.25) is 43.6 Å². The number of rotatable bonds is 12. The Morgan fingerprint density at radius 2 is 0.492 bits per heavy atom. The fourth-order valence-corrected chi connectivity index (χ4v) is 15.6. The van der Waals surface area contributed by atoms with Crippen LogP contribution in [0.3, 0.4) is 0 Å². The molecule has 15 heterocycles. The fraction of sp³-hybridized carbons (Fsp3) is 0. The van der Waals surface area contributed by atoms with Crippen molar-refractivity contribution in [3.63, 3.8) is 0 Å². The molecule has 0 saturated carbocycles. The molecule has 0 unspecified atom stereocenters. The Morgan fingerprint density at radius 3 is 0.850 bits per heavy atom. The average Bonchev–Trinajstić information content (AvgIpc) is 1.58. The van der Waals surface area contributed by atoms with E-state index in [1.165, 1.54) is 0 Å². The average molecular weight is 1550 g/mol. The standard InChI is InChI=1S/2C33H20N6O.C32H19N7O/c1-2-6-23(7-3-1)32-36-25-10-11-29-30(31(25)40-32)24-8-4-5-9-28(24)39(29)33-37-26(21-12-16-34-17-13-21)20-27(38-33)22-14-18-35-19-15-22;1-2-6-23(7-3-1)33-37-25-10-11-28-30(31(25)40-33)24-8-4-5-9-27(24)39(28)29-20-26(21-12-16-34-17-13-21)36-32(38-29)22-14-18-35-19-15-22;1-2-6-22(7-3-1)31-35-24-10-11-26-27(28(24)40-31)23-8-4-5-9-25(23)39(26)32-37-29(20-12-16-33-17-13-20)36-30(38-32)21-14-18-34-19-15-21/h2*1-20H;1-19H. The van der Waals surface area contributed by atoms with Gasteiger partial charge in [0, 0.05) is 147 Å². The molecule has 24 rings (SSSR count). The summed E-state index contributed by atoms with van der Waals surface area (Å²) in [6.07, 6.45) is 21.1. The SMILES string of the molecule is c1ccc(-c2nc3ccc4c(c5ccccc5n4-c4cc(-c5ccncc5)nc(-c5ccncc5)n4)c3o2)cc1.c1ccc(-c2nc3ccc4c(c5ccccc5n4-c4nc(-c5ccncc5)cc(-c5ccncc5)n4)c3o2)cc1.c1ccc(-c2nc3ccc4c(c5ccccc5n4-c4nc(-c5ccncc5)nc(-c5ccncc5)n4)c3o2)cc1. The van der Waals surface area contributed by atoms with E-state index in [0.717, 1.165) is 172 Å². The minimum atomic E-state index is 0.502. The summed E-state index contributed by atoms with van der Waals surface area (Å²) in [5.74, 6) is 5.32. The van der Waals surface area contributed by atoms with Crippen molar-refractivity contribution in [3.8, 4) is 120 Å². The van der Waals surface area contributed by atoms with Crippen LogP contribution in [-0.2, 0) is 0 Å². The van der Waals surface area contributed by atoms with E-state index in [-0.39, 0.29) is 0 Å². The monoisotopic (exact) mass is 1550 g/mol. The summed E-state index contributed by atoms with van der Waals surface area (Å²) in [4.78, 5) is 74.3. The van der Waals surface area contributed by atoms with Gasteiger partial charge in [0.2, 0.25) is 29.6 Å². The molecule has 0 N–H and O–H groups in total. The van der Waals surface area contributed by atoms with Crippen molar-refractivity contribution in [1.29, 1.82) is 0 Å². The Hall–Kier alpha value is -17.1. The maximum Gasteiger partial charge on any atom is 0.238 e. The molecule has 22 heteroatoms. The molecule has 564 valence electrons. The number of benzene rings is 9. The molecule has 0 aliphatic heterocycles. The number of pyridine rings is 6. The van der Waals surface area contributed by atoms with Gasteiger partial charge in [0.25, 0.3) is 0 Å². The molecule has 15 aromatic heterocycles. The molecule has 0 aliphatic carbocycles. The zero-order valence-corrected chi connectivity index (χ0v) is 63.3. The summed E-state index contributed by atoms with van der Waals surface area (Å²) in [6, 6.07) is 94.0. The van der Waals surface area contributed by atoms with Crippen LogP contribution in [0.1, 0.15) is 0 Å². The molecular weight excluding hydrogens is 1490 g/mol. The van der Waals surface area contributed by atoms with E-state index in [9.17, 15) is 0 Å². The quantitative estimate of drug-likeness (QED) is 0.110. The van der Waals surface area contributed by atoms with Gasteiger partial charge in [-0.25, -0.2) is 39.9 Å². The molecule has 0 atom stereocenters. The van der Waals surface area contributed by atoms with Crippen LogP contribution in [0, 0.1) is 0 Å². The molecule has 0 fully saturated rings. The second-order valence-electron chi connectivity index (χ2n) is 28.2. The van der Waals surface area contributed by atoms with E-state index in [1.807, 2.05) is 231 Å². The zero-order valence-electron chi connectivity index (χ0n) is 63.3. The molecule has 24 aromatic rings. The van der Waals surface area contributed by atoms with E-state index < -0.39 is 0 Å². The number of aromatic nitrogens is 19. The van der Waals surface area contributed by atoms with Crippen LogP contribution in [0.4, 0.5) is 0 Å². The lowest BCUT2D eigenvalue weighted by molar-refractivity contribution is 0.622. The lowest BCUT2D eigenvalue weighted by Gasteiger charge is -2.11. The van der Waals surface area contributed by atoms with Gasteiger partial charge in [0.1, 0.15) is 22.4 Å². The van der Waals surface area contributed by atoms with Gasteiger partial charge in [-0.05, 0) is 170 Å². The number of oxazole rings is 3. The second-order valence-corrected chi connectivity index (χ2v) is 28.2. The fourth-order valence-electron chi connectivity index (χ4n) is 15.6. The Balaban J connectivity index is 0.000000108. The van der Waals surface area contributed by atoms with Crippen molar-refractivity contribution in [1.82, 2.24) is 93.4 Å². The number of hydrogen-bond donors (Lipinski definition) is 0. The first-order valence-corrected chi connectivity index (χ1v) is 38.6. The van der Waals surface area contributed by atoms with Gasteiger partial charge in [0.05, 0.1) is 66.3 Å². The van der Waals surface area contributed by atoms with Gasteiger partial charge in [-0.1, -0.05) is 109 Å². The summed E-state index contributed by atoms with van der Waals surface area (Å²) in [5, 5.41) is 6.06. The smallest absolute Gasteiger partial charge is 0.238 e. The minimum Gasteiger partial charge on any atom is -0.435 e. The van der Waals surface area contributed by atoms with Crippen molar-refractivity contribution in [2.24, 2.45) is 0 Å². The van der Waals surface area contributed by atoms with Crippen molar-refractivity contribution in [2.45, 2.75) is 0 Å². The molecular formula is C98H59N19O3. The van der Waals surface area contributed by atoms with Crippen LogP contribution < -0.4 is 0 Å². The van der Waals surface area contributed by atoms with Gasteiger partial charge in [0.15, 0.2) is 34.2 Å². The number of para-hydroxylation sites is 3. The normalized spacial score (nSPS) is 11.5. The van der Waals surface area contributed by atoms with Crippen LogP contribution in [-0.4, -0.2) is 93.4 Å². The van der Waals surface area contributed by atoms with Crippen LogP contribution >= 0.6 is 0 Å². The minimum absolute atomic E-state index is 0.502. The number of hydrogen-bond acceptors (Lipinski definition) is 19. The summed E-state index contributed by atoms with van der Waals surface area (Å²) in [5.41, 5.74) is 21.1. The van der Waals surface area contributed by atoms with Gasteiger partial charge < -0.3 is 13.3 Å². The van der Waals surface area contributed by atoms with Gasteiger partial charge in [-0.15, -0.1) is 0 Å². The van der Waals surface area contributed by atoms with E-state index in [1.54, 1.807) is 74.4 Å². The summed E-state index contributed by atoms with van der Waals surface area (Å²) in [6.45, 7) is 0. The molecule has 0 amide bonds. The zero-order chi connectivity index (χ0) is 79.4. The summed E-state index contributed by atoms with van der Waals surface area (Å²) >= 11 is 0. The lowest BCUT2D eigenvalue weighted by atomic mass is 10.1. The van der Waals surface area contributed by atoms with Gasteiger partial charge in [-0.2, -0.15) is 9.97 Å². The third kappa shape index (κ3) is 12.6.